The third-order valence-electron chi connectivity index (χ3n) is 2.40. The number of nitrogens with two attached hydrogens (primary N) is 1. The molecule has 1 aromatic rings. The number of ether oxygens (including phenoxy) is 2. The zero-order valence-corrected chi connectivity index (χ0v) is 10.0. The molecule has 0 aromatic heterocycles. The Morgan fingerprint density at radius 3 is 2.69 bits per heavy atom. The first kappa shape index (κ1) is 11.6. The van der Waals surface area contributed by atoms with Crippen molar-refractivity contribution in [2.24, 2.45) is 0 Å². The van der Waals surface area contributed by atoms with Crippen LogP contribution in [-0.2, 0) is 4.74 Å². The summed E-state index contributed by atoms with van der Waals surface area (Å²) in [5.41, 5.74) is 6.36. The molecule has 16 heavy (non-hydrogen) atoms. The molecule has 1 heterocycles. The van der Waals surface area contributed by atoms with Gasteiger partial charge in [0.05, 0.1) is 25.1 Å². The number of nitrogen functional groups attached to an aromatic ring is 1. The maximum Gasteiger partial charge on any atom is 0.119 e. The van der Waals surface area contributed by atoms with Crippen molar-refractivity contribution >= 4 is 17.4 Å². The molecule has 0 radical (unpaired) electrons. The van der Waals surface area contributed by atoms with E-state index in [0.717, 1.165) is 48.7 Å². The standard InChI is InChI=1S/C12H17NO2S/c13-10-2-4-11(5-3-10)15-6-1-7-16-12-8-14-9-12/h2-5,12H,1,6-9,13H2. The van der Waals surface area contributed by atoms with Gasteiger partial charge in [-0.2, -0.15) is 11.8 Å². The molecule has 4 heteroatoms. The minimum absolute atomic E-state index is 0.719. The summed E-state index contributed by atoms with van der Waals surface area (Å²) in [4.78, 5) is 0. The van der Waals surface area contributed by atoms with Crippen LogP contribution in [0.3, 0.4) is 0 Å². The maximum absolute atomic E-state index is 5.59. The summed E-state index contributed by atoms with van der Waals surface area (Å²) < 4.78 is 10.7. The first-order chi connectivity index (χ1) is 7.84. The van der Waals surface area contributed by atoms with Gasteiger partial charge in [-0.25, -0.2) is 0 Å². The molecule has 0 aliphatic carbocycles. The Bertz CT molecular complexity index is 311. The van der Waals surface area contributed by atoms with Gasteiger partial charge in [-0.05, 0) is 36.4 Å². The summed E-state index contributed by atoms with van der Waals surface area (Å²) in [7, 11) is 0. The third-order valence-corrected chi connectivity index (χ3v) is 3.67. The molecule has 0 spiro atoms. The highest BCUT2D eigenvalue weighted by Crippen LogP contribution is 2.20. The molecule has 2 rings (SSSR count). The molecular weight excluding hydrogens is 222 g/mol. The molecule has 3 nitrogen and oxygen atoms in total. The van der Waals surface area contributed by atoms with Crippen LogP contribution in [-0.4, -0.2) is 30.8 Å². The second kappa shape index (κ2) is 6.01. The molecule has 1 aliphatic heterocycles. The van der Waals surface area contributed by atoms with Gasteiger partial charge in [0.15, 0.2) is 0 Å². The first-order valence-corrected chi connectivity index (χ1v) is 6.57. The predicted molar refractivity (Wildman–Crippen MR) is 68.0 cm³/mol. The smallest absolute Gasteiger partial charge is 0.119 e. The van der Waals surface area contributed by atoms with Crippen molar-refractivity contribution in [1.82, 2.24) is 0 Å². The Balaban J connectivity index is 1.55. The van der Waals surface area contributed by atoms with Crippen molar-refractivity contribution in [1.29, 1.82) is 0 Å². The van der Waals surface area contributed by atoms with E-state index < -0.39 is 0 Å². The minimum Gasteiger partial charge on any atom is -0.494 e. The summed E-state index contributed by atoms with van der Waals surface area (Å²) in [6.07, 6.45) is 1.07. The van der Waals surface area contributed by atoms with E-state index in [2.05, 4.69) is 0 Å². The van der Waals surface area contributed by atoms with Crippen LogP contribution in [0, 0.1) is 0 Å². The Kier molecular flexibility index (Phi) is 4.36. The number of rotatable bonds is 6. The number of hydrogen-bond acceptors (Lipinski definition) is 4. The molecule has 1 fully saturated rings. The van der Waals surface area contributed by atoms with Crippen molar-refractivity contribution in [3.05, 3.63) is 24.3 Å². The Morgan fingerprint density at radius 1 is 1.31 bits per heavy atom. The summed E-state index contributed by atoms with van der Waals surface area (Å²) in [6, 6.07) is 7.52. The van der Waals surface area contributed by atoms with Gasteiger partial charge < -0.3 is 15.2 Å². The van der Waals surface area contributed by atoms with E-state index in [1.165, 1.54) is 0 Å². The normalized spacial score (nSPS) is 15.8. The fourth-order valence-corrected chi connectivity index (χ4v) is 2.38. The van der Waals surface area contributed by atoms with E-state index in [1.54, 1.807) is 0 Å². The van der Waals surface area contributed by atoms with Crippen LogP contribution in [0.25, 0.3) is 0 Å². The van der Waals surface area contributed by atoms with Gasteiger partial charge in [-0.15, -0.1) is 0 Å². The van der Waals surface area contributed by atoms with Crippen LogP contribution < -0.4 is 10.5 Å². The average molecular weight is 239 g/mol. The van der Waals surface area contributed by atoms with Gasteiger partial charge in [0.25, 0.3) is 0 Å². The van der Waals surface area contributed by atoms with Crippen LogP contribution in [0.4, 0.5) is 5.69 Å². The van der Waals surface area contributed by atoms with Gasteiger partial charge in [-0.3, -0.25) is 0 Å². The average Bonchev–Trinajstić information content (AvgIpc) is 2.23. The van der Waals surface area contributed by atoms with E-state index in [9.17, 15) is 0 Å². The van der Waals surface area contributed by atoms with Crippen molar-refractivity contribution in [2.45, 2.75) is 11.7 Å². The lowest BCUT2D eigenvalue weighted by atomic mass is 10.3. The van der Waals surface area contributed by atoms with Crippen LogP contribution >= 0.6 is 11.8 Å². The van der Waals surface area contributed by atoms with Crippen LogP contribution in [0.15, 0.2) is 24.3 Å². The number of hydrogen-bond donors (Lipinski definition) is 1. The number of benzene rings is 1. The highest BCUT2D eigenvalue weighted by Gasteiger charge is 2.17. The van der Waals surface area contributed by atoms with E-state index in [1.807, 2.05) is 36.0 Å². The van der Waals surface area contributed by atoms with Gasteiger partial charge in [0.2, 0.25) is 0 Å². The van der Waals surface area contributed by atoms with Gasteiger partial charge in [-0.1, -0.05) is 0 Å². The molecule has 0 atom stereocenters. The highest BCUT2D eigenvalue weighted by molar-refractivity contribution is 8.00. The SMILES string of the molecule is Nc1ccc(OCCCSC2COC2)cc1. The van der Waals surface area contributed by atoms with Crippen LogP contribution in [0.5, 0.6) is 5.75 Å². The Labute approximate surface area is 100 Å². The molecule has 0 amide bonds. The van der Waals surface area contributed by atoms with Crippen molar-refractivity contribution in [2.75, 3.05) is 31.3 Å². The van der Waals surface area contributed by atoms with Crippen LogP contribution in [0.1, 0.15) is 6.42 Å². The lowest BCUT2D eigenvalue weighted by Crippen LogP contribution is -2.30. The minimum atomic E-state index is 0.719. The lowest BCUT2D eigenvalue weighted by molar-refractivity contribution is 0.0455. The third kappa shape index (κ3) is 3.61. The Hall–Kier alpha value is -0.870. The quantitative estimate of drug-likeness (QED) is 0.610. The van der Waals surface area contributed by atoms with E-state index in [0.29, 0.717) is 0 Å². The van der Waals surface area contributed by atoms with Gasteiger partial charge in [0.1, 0.15) is 5.75 Å². The van der Waals surface area contributed by atoms with Crippen molar-refractivity contribution in [3.63, 3.8) is 0 Å². The molecule has 1 saturated heterocycles. The topological polar surface area (TPSA) is 44.5 Å². The fourth-order valence-electron chi connectivity index (χ4n) is 1.37. The van der Waals surface area contributed by atoms with Gasteiger partial charge >= 0.3 is 0 Å². The molecule has 1 aliphatic rings. The monoisotopic (exact) mass is 239 g/mol. The highest BCUT2D eigenvalue weighted by atomic mass is 32.2. The molecular formula is C12H17NO2S. The summed E-state index contributed by atoms with van der Waals surface area (Å²) in [5.74, 6) is 2.04. The molecule has 0 bridgehead atoms. The molecule has 0 unspecified atom stereocenters. The lowest BCUT2D eigenvalue weighted by Gasteiger charge is -2.25. The van der Waals surface area contributed by atoms with Crippen LogP contribution in [0.2, 0.25) is 0 Å². The second-order valence-electron chi connectivity index (χ2n) is 3.80. The molecule has 88 valence electrons. The number of anilines is 1. The molecule has 2 N–H and O–H groups in total. The maximum atomic E-state index is 5.59. The van der Waals surface area contributed by atoms with E-state index >= 15 is 0 Å². The Morgan fingerprint density at radius 2 is 2.06 bits per heavy atom. The van der Waals surface area contributed by atoms with Crippen molar-refractivity contribution in [3.8, 4) is 5.75 Å². The number of thioether (sulfide) groups is 1. The first-order valence-electron chi connectivity index (χ1n) is 5.52. The van der Waals surface area contributed by atoms with E-state index in [4.69, 9.17) is 15.2 Å². The van der Waals surface area contributed by atoms with E-state index in [-0.39, 0.29) is 0 Å². The zero-order chi connectivity index (χ0) is 11.2. The summed E-state index contributed by atoms with van der Waals surface area (Å²) >= 11 is 1.98. The van der Waals surface area contributed by atoms with Crippen molar-refractivity contribution < 1.29 is 9.47 Å². The zero-order valence-electron chi connectivity index (χ0n) is 9.22. The molecule has 1 aromatic carbocycles. The largest absolute Gasteiger partial charge is 0.494 e. The second-order valence-corrected chi connectivity index (χ2v) is 5.21. The summed E-state index contributed by atoms with van der Waals surface area (Å²) in [6.45, 7) is 2.61. The fraction of sp³-hybridized carbons (Fsp3) is 0.500. The molecule has 0 saturated carbocycles. The summed E-state index contributed by atoms with van der Waals surface area (Å²) in [5, 5.41) is 0.719. The van der Waals surface area contributed by atoms with Gasteiger partial charge in [0, 0.05) is 5.69 Å². The predicted octanol–water partition coefficient (Wildman–Crippen LogP) is 2.17.